The fourth-order valence-electron chi connectivity index (χ4n) is 2.32. The van der Waals surface area contributed by atoms with Gasteiger partial charge in [0.25, 0.3) is 0 Å². The van der Waals surface area contributed by atoms with Crippen LogP contribution in [0.4, 0.5) is 0 Å². The van der Waals surface area contributed by atoms with Gasteiger partial charge in [-0.15, -0.1) is 0 Å². The molecule has 0 aliphatic heterocycles. The predicted molar refractivity (Wildman–Crippen MR) is 87.5 cm³/mol. The summed E-state index contributed by atoms with van der Waals surface area (Å²) < 4.78 is 0. The van der Waals surface area contributed by atoms with Crippen LogP contribution in [0.25, 0.3) is 0 Å². The fourth-order valence-corrected chi connectivity index (χ4v) is 2.64. The molecule has 2 aromatic carbocycles. The molecule has 1 nitrogen and oxygen atoms in total. The van der Waals surface area contributed by atoms with Crippen molar-refractivity contribution < 1.29 is 0 Å². The van der Waals surface area contributed by atoms with Crippen molar-refractivity contribution in [2.24, 2.45) is 0 Å². The molecule has 1 unspecified atom stereocenters. The number of hydrogen-bond acceptors (Lipinski definition) is 1. The Labute approximate surface area is 130 Å². The van der Waals surface area contributed by atoms with Gasteiger partial charge in [-0.1, -0.05) is 54.4 Å². The highest BCUT2D eigenvalue weighted by Gasteiger charge is 2.13. The van der Waals surface area contributed by atoms with Crippen LogP contribution in [0.3, 0.4) is 0 Å². The molecule has 2 atom stereocenters. The van der Waals surface area contributed by atoms with Crippen molar-refractivity contribution in [2.45, 2.75) is 32.4 Å². The summed E-state index contributed by atoms with van der Waals surface area (Å²) in [4.78, 5) is 0. The van der Waals surface area contributed by atoms with Crippen LogP contribution in [0, 0.1) is 0 Å². The highest BCUT2D eigenvalue weighted by molar-refractivity contribution is 6.30. The van der Waals surface area contributed by atoms with Gasteiger partial charge in [0, 0.05) is 22.1 Å². The van der Waals surface area contributed by atoms with E-state index in [1.165, 1.54) is 11.1 Å². The van der Waals surface area contributed by atoms with E-state index in [4.69, 9.17) is 23.2 Å². The van der Waals surface area contributed by atoms with Crippen molar-refractivity contribution in [3.05, 3.63) is 69.7 Å². The molecule has 1 N–H and O–H groups in total. The van der Waals surface area contributed by atoms with Crippen LogP contribution < -0.4 is 5.32 Å². The van der Waals surface area contributed by atoms with Gasteiger partial charge in [-0.3, -0.25) is 0 Å². The van der Waals surface area contributed by atoms with E-state index in [9.17, 15) is 0 Å². The third-order valence-corrected chi connectivity index (χ3v) is 3.97. The standard InChI is InChI=1S/C17H19Cl2N/c1-3-17(13-7-9-15(18)10-8-13)20-12(2)14-5-4-6-16(19)11-14/h4-12,17,20H,3H2,1-2H3/t12-,17?/m0/s1. The molecule has 2 rings (SSSR count). The van der Waals surface area contributed by atoms with Crippen LogP contribution >= 0.6 is 23.2 Å². The number of halogens is 2. The molecular weight excluding hydrogens is 289 g/mol. The molecule has 0 saturated carbocycles. The molecule has 0 amide bonds. The summed E-state index contributed by atoms with van der Waals surface area (Å²) in [6.07, 6.45) is 1.02. The van der Waals surface area contributed by atoms with Crippen LogP contribution in [0.5, 0.6) is 0 Å². The minimum atomic E-state index is 0.245. The Hall–Kier alpha value is -1.02. The van der Waals surface area contributed by atoms with Crippen molar-refractivity contribution in [3.8, 4) is 0 Å². The van der Waals surface area contributed by atoms with Gasteiger partial charge in [-0.2, -0.15) is 0 Å². The topological polar surface area (TPSA) is 12.0 Å². The summed E-state index contributed by atoms with van der Waals surface area (Å²) in [7, 11) is 0. The van der Waals surface area contributed by atoms with E-state index in [1.807, 2.05) is 30.3 Å². The number of rotatable bonds is 5. The maximum Gasteiger partial charge on any atom is 0.0409 e. The largest absolute Gasteiger partial charge is 0.303 e. The molecule has 0 fully saturated rings. The zero-order valence-electron chi connectivity index (χ0n) is 11.7. The van der Waals surface area contributed by atoms with Gasteiger partial charge in [0.2, 0.25) is 0 Å². The molecule has 0 aliphatic carbocycles. The Morgan fingerprint density at radius 3 is 2.25 bits per heavy atom. The van der Waals surface area contributed by atoms with E-state index in [0.717, 1.165) is 16.5 Å². The van der Waals surface area contributed by atoms with E-state index >= 15 is 0 Å². The summed E-state index contributed by atoms with van der Waals surface area (Å²) in [5, 5.41) is 5.19. The van der Waals surface area contributed by atoms with Crippen LogP contribution in [0.2, 0.25) is 10.0 Å². The zero-order chi connectivity index (χ0) is 14.5. The van der Waals surface area contributed by atoms with E-state index in [2.05, 4.69) is 37.4 Å². The molecule has 2 aromatic rings. The summed E-state index contributed by atoms with van der Waals surface area (Å²) >= 11 is 12.0. The maximum atomic E-state index is 6.05. The van der Waals surface area contributed by atoms with Crippen molar-refractivity contribution >= 4 is 23.2 Å². The van der Waals surface area contributed by atoms with Crippen molar-refractivity contribution in [2.75, 3.05) is 0 Å². The van der Waals surface area contributed by atoms with E-state index < -0.39 is 0 Å². The predicted octanol–water partition coefficient (Wildman–Crippen LogP) is 5.80. The van der Waals surface area contributed by atoms with Crippen LogP contribution in [0.15, 0.2) is 48.5 Å². The fraction of sp³-hybridized carbons (Fsp3) is 0.294. The highest BCUT2D eigenvalue weighted by atomic mass is 35.5. The minimum absolute atomic E-state index is 0.245. The summed E-state index contributed by atoms with van der Waals surface area (Å²) in [5.74, 6) is 0. The first kappa shape index (κ1) is 15.4. The molecule has 3 heteroatoms. The third kappa shape index (κ3) is 3.99. The number of hydrogen-bond donors (Lipinski definition) is 1. The minimum Gasteiger partial charge on any atom is -0.303 e. The average Bonchev–Trinajstić information content (AvgIpc) is 2.45. The van der Waals surface area contributed by atoms with E-state index in [0.29, 0.717) is 6.04 Å². The van der Waals surface area contributed by atoms with E-state index in [1.54, 1.807) is 0 Å². The van der Waals surface area contributed by atoms with Crippen molar-refractivity contribution in [1.82, 2.24) is 5.32 Å². The molecular formula is C17H19Cl2N. The normalized spacial score (nSPS) is 14.0. The van der Waals surface area contributed by atoms with Crippen molar-refractivity contribution in [1.29, 1.82) is 0 Å². The van der Waals surface area contributed by atoms with E-state index in [-0.39, 0.29) is 6.04 Å². The molecule has 0 spiro atoms. The average molecular weight is 308 g/mol. The van der Waals surface area contributed by atoms with Crippen LogP contribution in [0.1, 0.15) is 43.5 Å². The Kier molecular flexibility index (Phi) is 5.47. The van der Waals surface area contributed by atoms with Gasteiger partial charge in [0.05, 0.1) is 0 Å². The van der Waals surface area contributed by atoms with Gasteiger partial charge in [-0.25, -0.2) is 0 Å². The smallest absolute Gasteiger partial charge is 0.0409 e. The van der Waals surface area contributed by atoms with Gasteiger partial charge in [-0.05, 0) is 48.7 Å². The van der Waals surface area contributed by atoms with Crippen LogP contribution in [-0.4, -0.2) is 0 Å². The Morgan fingerprint density at radius 1 is 0.950 bits per heavy atom. The number of benzene rings is 2. The quantitative estimate of drug-likeness (QED) is 0.736. The maximum absolute atomic E-state index is 6.05. The third-order valence-electron chi connectivity index (χ3n) is 3.48. The molecule has 0 saturated heterocycles. The first-order valence-corrected chi connectivity index (χ1v) is 7.62. The lowest BCUT2D eigenvalue weighted by Crippen LogP contribution is -2.24. The van der Waals surface area contributed by atoms with Gasteiger partial charge >= 0.3 is 0 Å². The first-order valence-electron chi connectivity index (χ1n) is 6.87. The van der Waals surface area contributed by atoms with Gasteiger partial charge < -0.3 is 5.32 Å². The second-order valence-corrected chi connectivity index (χ2v) is 5.83. The lowest BCUT2D eigenvalue weighted by atomic mass is 10.0. The molecule has 106 valence electrons. The molecule has 0 heterocycles. The van der Waals surface area contributed by atoms with Crippen molar-refractivity contribution in [3.63, 3.8) is 0 Å². The monoisotopic (exact) mass is 307 g/mol. The highest BCUT2D eigenvalue weighted by Crippen LogP contribution is 2.24. The molecule has 20 heavy (non-hydrogen) atoms. The number of nitrogens with one attached hydrogen (secondary N) is 1. The molecule has 0 aromatic heterocycles. The second kappa shape index (κ2) is 7.12. The Balaban J connectivity index is 2.11. The lowest BCUT2D eigenvalue weighted by Gasteiger charge is -2.23. The summed E-state index contributed by atoms with van der Waals surface area (Å²) in [5.41, 5.74) is 2.45. The summed E-state index contributed by atoms with van der Waals surface area (Å²) in [6, 6.07) is 16.6. The van der Waals surface area contributed by atoms with Gasteiger partial charge in [0.15, 0.2) is 0 Å². The first-order chi connectivity index (χ1) is 9.60. The second-order valence-electron chi connectivity index (χ2n) is 4.96. The Morgan fingerprint density at radius 2 is 1.65 bits per heavy atom. The Bertz CT molecular complexity index is 551. The van der Waals surface area contributed by atoms with Gasteiger partial charge in [0.1, 0.15) is 0 Å². The van der Waals surface area contributed by atoms with Crippen LogP contribution in [-0.2, 0) is 0 Å². The summed E-state index contributed by atoms with van der Waals surface area (Å²) in [6.45, 7) is 4.33. The SMILES string of the molecule is CCC(N[C@@H](C)c1cccc(Cl)c1)c1ccc(Cl)cc1. The lowest BCUT2D eigenvalue weighted by molar-refractivity contribution is 0.456. The zero-order valence-corrected chi connectivity index (χ0v) is 13.2. The molecule has 0 aliphatic rings. The molecule has 0 bridgehead atoms. The molecule has 0 radical (unpaired) electrons.